The lowest BCUT2D eigenvalue weighted by Gasteiger charge is -2.35. The van der Waals surface area contributed by atoms with Crippen LogP contribution in [0.5, 0.6) is 0 Å². The molecule has 4 heterocycles. The highest BCUT2D eigenvalue weighted by molar-refractivity contribution is 5.97. The third-order valence-electron chi connectivity index (χ3n) is 7.61. The standard InChI is InChI=1S/C31H34N8O/c1-5-37-9-11-38(12-10-37)27-16-25(18-33-19-27)28-20-39(36-35-28)29-13-23(17-34-22(29)2)14-30(40)24-7-6-8-26(15-24)31(3,4)21-32/h6-8,13,15-20H,5,9-12,14H2,1-4H3. The van der Waals surface area contributed by atoms with Crippen LogP contribution in [-0.4, -0.2) is 68.4 Å². The van der Waals surface area contributed by atoms with Crippen molar-refractivity contribution in [3.63, 3.8) is 0 Å². The Balaban J connectivity index is 1.34. The highest BCUT2D eigenvalue weighted by atomic mass is 16.1. The summed E-state index contributed by atoms with van der Waals surface area (Å²) in [7, 11) is 0. The normalized spacial score (nSPS) is 14.2. The SMILES string of the molecule is CCN1CCN(c2cncc(-c3cn(-c4cc(CC(=O)c5cccc(C(C)(C)C#N)c5)cnc4C)nn3)c2)CC1. The summed E-state index contributed by atoms with van der Waals surface area (Å²) in [6.45, 7) is 12.9. The second kappa shape index (κ2) is 11.4. The molecule has 9 nitrogen and oxygen atoms in total. The number of aryl methyl sites for hydroxylation is 1. The predicted octanol–water partition coefficient (Wildman–Crippen LogP) is 4.40. The van der Waals surface area contributed by atoms with Crippen LogP contribution in [-0.2, 0) is 11.8 Å². The number of anilines is 1. The summed E-state index contributed by atoms with van der Waals surface area (Å²) >= 11 is 0. The summed E-state index contributed by atoms with van der Waals surface area (Å²) in [5, 5.41) is 18.3. The van der Waals surface area contributed by atoms with Crippen LogP contribution in [0, 0.1) is 18.3 Å². The van der Waals surface area contributed by atoms with Crippen LogP contribution in [0.25, 0.3) is 16.9 Å². The van der Waals surface area contributed by atoms with Crippen LogP contribution in [0.4, 0.5) is 5.69 Å². The highest BCUT2D eigenvalue weighted by Crippen LogP contribution is 2.25. The average Bonchev–Trinajstić information content (AvgIpc) is 3.48. The van der Waals surface area contributed by atoms with E-state index in [4.69, 9.17) is 0 Å². The van der Waals surface area contributed by atoms with Gasteiger partial charge in [0.25, 0.3) is 0 Å². The minimum atomic E-state index is -0.668. The summed E-state index contributed by atoms with van der Waals surface area (Å²) in [4.78, 5) is 27.0. The molecule has 0 N–H and O–H groups in total. The van der Waals surface area contributed by atoms with Gasteiger partial charge in [0, 0.05) is 56.1 Å². The molecule has 0 atom stereocenters. The summed E-state index contributed by atoms with van der Waals surface area (Å²) in [5.74, 6) is -0.0332. The fourth-order valence-electron chi connectivity index (χ4n) is 4.90. The van der Waals surface area contributed by atoms with Crippen molar-refractivity contribution in [3.05, 3.63) is 83.6 Å². The predicted molar refractivity (Wildman–Crippen MR) is 155 cm³/mol. The molecule has 0 amide bonds. The number of aromatic nitrogens is 5. The van der Waals surface area contributed by atoms with Crippen LogP contribution in [0.15, 0.2) is 61.2 Å². The number of benzene rings is 1. The Bertz CT molecular complexity index is 1560. The number of likely N-dealkylation sites (N-methyl/N-ethyl adjacent to an activating group) is 1. The molecule has 1 fully saturated rings. The number of piperazine rings is 1. The Hall–Kier alpha value is -4.42. The maximum atomic E-state index is 13.1. The van der Waals surface area contributed by atoms with Crippen LogP contribution in [0.1, 0.15) is 48.0 Å². The molecule has 0 aliphatic carbocycles. The van der Waals surface area contributed by atoms with E-state index in [1.165, 1.54) is 0 Å². The molecule has 0 saturated carbocycles. The molecule has 0 unspecified atom stereocenters. The lowest BCUT2D eigenvalue weighted by molar-refractivity contribution is 0.0992. The average molecular weight is 535 g/mol. The van der Waals surface area contributed by atoms with Gasteiger partial charge < -0.3 is 9.80 Å². The molecule has 204 valence electrons. The quantitative estimate of drug-likeness (QED) is 0.307. The maximum absolute atomic E-state index is 13.1. The molecule has 40 heavy (non-hydrogen) atoms. The van der Waals surface area contributed by atoms with Crippen LogP contribution < -0.4 is 4.90 Å². The number of ketones is 1. The van der Waals surface area contributed by atoms with Crippen molar-refractivity contribution in [2.75, 3.05) is 37.6 Å². The lowest BCUT2D eigenvalue weighted by Crippen LogP contribution is -2.46. The van der Waals surface area contributed by atoms with Crippen LogP contribution in [0.3, 0.4) is 0 Å². The summed E-state index contributed by atoms with van der Waals surface area (Å²) < 4.78 is 1.70. The Labute approximate surface area is 235 Å². The molecular weight excluding hydrogens is 500 g/mol. The minimum absolute atomic E-state index is 0.0332. The van der Waals surface area contributed by atoms with Crippen LogP contribution in [0.2, 0.25) is 0 Å². The molecule has 3 aromatic heterocycles. The van der Waals surface area contributed by atoms with Crippen molar-refractivity contribution in [3.8, 4) is 23.0 Å². The van der Waals surface area contributed by atoms with Gasteiger partial charge in [0.1, 0.15) is 5.69 Å². The minimum Gasteiger partial charge on any atom is -0.368 e. The van der Waals surface area contributed by atoms with Gasteiger partial charge in [-0.1, -0.05) is 30.3 Å². The number of carbonyl (C=O) groups excluding carboxylic acids is 1. The van der Waals surface area contributed by atoms with Gasteiger partial charge in [0.2, 0.25) is 0 Å². The highest BCUT2D eigenvalue weighted by Gasteiger charge is 2.21. The van der Waals surface area contributed by atoms with Crippen molar-refractivity contribution < 1.29 is 4.79 Å². The number of carbonyl (C=O) groups is 1. The van der Waals surface area contributed by atoms with Crippen molar-refractivity contribution in [1.29, 1.82) is 5.26 Å². The van der Waals surface area contributed by atoms with Gasteiger partial charge in [-0.15, -0.1) is 5.10 Å². The first kappa shape index (κ1) is 27.2. The second-order valence-corrected chi connectivity index (χ2v) is 10.8. The molecule has 1 saturated heterocycles. The number of nitriles is 1. The maximum Gasteiger partial charge on any atom is 0.167 e. The zero-order valence-corrected chi connectivity index (χ0v) is 23.5. The van der Waals surface area contributed by atoms with Gasteiger partial charge >= 0.3 is 0 Å². The smallest absolute Gasteiger partial charge is 0.167 e. The molecule has 0 bridgehead atoms. The zero-order valence-electron chi connectivity index (χ0n) is 23.5. The Morgan fingerprint density at radius 2 is 1.88 bits per heavy atom. The summed E-state index contributed by atoms with van der Waals surface area (Å²) in [6.07, 6.45) is 7.50. The topological polar surface area (TPSA) is 104 Å². The molecule has 1 aliphatic heterocycles. The van der Waals surface area contributed by atoms with E-state index in [9.17, 15) is 10.1 Å². The number of hydrogen-bond donors (Lipinski definition) is 0. The first-order valence-corrected chi connectivity index (χ1v) is 13.6. The van der Waals surface area contributed by atoms with Crippen molar-refractivity contribution in [2.45, 2.75) is 39.5 Å². The third kappa shape index (κ3) is 5.77. The van der Waals surface area contributed by atoms with Crippen molar-refractivity contribution >= 4 is 11.5 Å². The van der Waals surface area contributed by atoms with Gasteiger partial charge in [0.05, 0.1) is 40.9 Å². The van der Waals surface area contributed by atoms with E-state index in [0.29, 0.717) is 5.56 Å². The summed E-state index contributed by atoms with van der Waals surface area (Å²) in [6, 6.07) is 13.7. The van der Waals surface area contributed by atoms with Crippen molar-refractivity contribution in [1.82, 2.24) is 29.9 Å². The molecule has 5 rings (SSSR count). The fourth-order valence-corrected chi connectivity index (χ4v) is 4.90. The molecule has 1 aliphatic rings. The first-order valence-electron chi connectivity index (χ1n) is 13.6. The number of hydrogen-bond acceptors (Lipinski definition) is 8. The van der Waals surface area contributed by atoms with E-state index in [1.807, 2.05) is 63.6 Å². The monoisotopic (exact) mass is 534 g/mol. The van der Waals surface area contributed by atoms with Gasteiger partial charge in [0.15, 0.2) is 5.78 Å². The number of nitrogens with zero attached hydrogens (tertiary/aromatic N) is 8. The van der Waals surface area contributed by atoms with Gasteiger partial charge in [-0.2, -0.15) is 5.26 Å². The second-order valence-electron chi connectivity index (χ2n) is 10.8. The number of rotatable bonds is 8. The number of pyridine rings is 2. The molecule has 0 radical (unpaired) electrons. The summed E-state index contributed by atoms with van der Waals surface area (Å²) in [5.41, 5.74) is 5.77. The van der Waals surface area contributed by atoms with Crippen LogP contribution >= 0.6 is 0 Å². The number of Topliss-reactive ketones (excluding diaryl/α,β-unsaturated/α-hetero) is 1. The van der Waals surface area contributed by atoms with E-state index in [2.05, 4.69) is 49.1 Å². The Kier molecular flexibility index (Phi) is 7.71. The van der Waals surface area contributed by atoms with E-state index < -0.39 is 5.41 Å². The molecule has 4 aromatic rings. The van der Waals surface area contributed by atoms with Gasteiger partial charge in [-0.05, 0) is 56.6 Å². The lowest BCUT2D eigenvalue weighted by atomic mass is 9.85. The zero-order chi connectivity index (χ0) is 28.3. The largest absolute Gasteiger partial charge is 0.368 e. The third-order valence-corrected chi connectivity index (χ3v) is 7.61. The fraction of sp³-hybridized carbons (Fsp3) is 0.355. The first-order chi connectivity index (χ1) is 19.3. The Morgan fingerprint density at radius 1 is 1.07 bits per heavy atom. The molecule has 1 aromatic carbocycles. The van der Waals surface area contributed by atoms with Gasteiger partial charge in [-0.25, -0.2) is 4.68 Å². The molecule has 0 spiro atoms. The van der Waals surface area contributed by atoms with Crippen molar-refractivity contribution in [2.24, 2.45) is 0 Å². The van der Waals surface area contributed by atoms with E-state index in [-0.39, 0.29) is 12.2 Å². The Morgan fingerprint density at radius 3 is 2.62 bits per heavy atom. The van der Waals surface area contributed by atoms with E-state index in [1.54, 1.807) is 16.9 Å². The van der Waals surface area contributed by atoms with E-state index >= 15 is 0 Å². The molecular formula is C31H34N8O. The van der Waals surface area contributed by atoms with E-state index in [0.717, 1.165) is 72.2 Å². The molecule has 9 heteroatoms. The van der Waals surface area contributed by atoms with Gasteiger partial charge in [-0.3, -0.25) is 14.8 Å².